The van der Waals surface area contributed by atoms with E-state index < -0.39 is 5.82 Å². The minimum absolute atomic E-state index is 0.134. The molecule has 1 aromatic heterocycles. The lowest BCUT2D eigenvalue weighted by Crippen LogP contribution is -1.93. The highest BCUT2D eigenvalue weighted by Crippen LogP contribution is 2.32. The summed E-state index contributed by atoms with van der Waals surface area (Å²) in [6, 6.07) is 2.93. The largest absolute Gasteiger partial charge is 0.491 e. The van der Waals surface area contributed by atoms with Crippen molar-refractivity contribution in [3.05, 3.63) is 34.7 Å². The van der Waals surface area contributed by atoms with Crippen LogP contribution in [0, 0.1) is 12.7 Å². The Morgan fingerprint density at radius 1 is 1.40 bits per heavy atom. The normalized spacial score (nSPS) is 10.7. The summed E-state index contributed by atoms with van der Waals surface area (Å²) in [6.07, 6.45) is 1.60. The van der Waals surface area contributed by atoms with Crippen LogP contribution in [0.4, 0.5) is 4.39 Å². The molecule has 4 heteroatoms. The smallest absolute Gasteiger partial charge is 0.180 e. The number of fused-ring (bicyclic) bond motifs is 1. The Morgan fingerprint density at radius 2 is 2.13 bits per heavy atom. The molecule has 0 saturated carbocycles. The average molecular weight is 226 g/mol. The number of methoxy groups -OCH3 is 1. The van der Waals surface area contributed by atoms with Gasteiger partial charge in [0, 0.05) is 11.6 Å². The molecule has 2 rings (SSSR count). The molecule has 0 aliphatic heterocycles. The van der Waals surface area contributed by atoms with Crippen LogP contribution in [0.5, 0.6) is 5.75 Å². The van der Waals surface area contributed by atoms with Crippen molar-refractivity contribution in [1.29, 1.82) is 0 Å². The molecule has 0 N–H and O–H groups in total. The molecule has 0 unspecified atom stereocenters. The zero-order chi connectivity index (χ0) is 11.0. The minimum atomic E-state index is -0.433. The zero-order valence-corrected chi connectivity index (χ0v) is 9.10. The van der Waals surface area contributed by atoms with Gasteiger partial charge in [0.1, 0.15) is 5.52 Å². The van der Waals surface area contributed by atoms with E-state index in [4.69, 9.17) is 16.3 Å². The number of pyridine rings is 1. The SMILES string of the molecule is COc1c(F)ccc2c(Cl)c(C)cnc12. The van der Waals surface area contributed by atoms with Crippen molar-refractivity contribution in [1.82, 2.24) is 4.98 Å². The third-order valence-corrected chi connectivity index (χ3v) is 2.76. The predicted molar refractivity (Wildman–Crippen MR) is 58.0 cm³/mol. The Hall–Kier alpha value is -1.35. The Labute approximate surface area is 91.6 Å². The standard InChI is InChI=1S/C11H9ClFNO/c1-6-5-14-10-7(9(6)12)3-4-8(13)11(10)15-2/h3-5H,1-2H3. The number of nitrogens with zero attached hydrogens (tertiary/aromatic N) is 1. The molecule has 15 heavy (non-hydrogen) atoms. The van der Waals surface area contributed by atoms with Gasteiger partial charge in [-0.2, -0.15) is 0 Å². The van der Waals surface area contributed by atoms with Gasteiger partial charge < -0.3 is 4.74 Å². The molecule has 0 atom stereocenters. The van der Waals surface area contributed by atoms with Crippen molar-refractivity contribution in [2.45, 2.75) is 6.92 Å². The maximum Gasteiger partial charge on any atom is 0.180 e. The van der Waals surface area contributed by atoms with E-state index in [1.807, 2.05) is 6.92 Å². The highest BCUT2D eigenvalue weighted by Gasteiger charge is 2.12. The van der Waals surface area contributed by atoms with E-state index in [9.17, 15) is 4.39 Å². The summed E-state index contributed by atoms with van der Waals surface area (Å²) in [5.74, 6) is -0.299. The van der Waals surface area contributed by atoms with Gasteiger partial charge in [-0.15, -0.1) is 0 Å². The van der Waals surface area contributed by atoms with Gasteiger partial charge in [-0.25, -0.2) is 4.39 Å². The molecule has 0 aliphatic carbocycles. The lowest BCUT2D eigenvalue weighted by molar-refractivity contribution is 0.391. The van der Waals surface area contributed by atoms with E-state index in [0.717, 1.165) is 5.56 Å². The molecule has 78 valence electrons. The molecule has 0 saturated heterocycles. The fraction of sp³-hybridized carbons (Fsp3) is 0.182. The van der Waals surface area contributed by atoms with Crippen LogP contribution in [0.3, 0.4) is 0 Å². The van der Waals surface area contributed by atoms with Crippen molar-refractivity contribution in [2.24, 2.45) is 0 Å². The second kappa shape index (κ2) is 3.66. The molecule has 0 aliphatic rings. The van der Waals surface area contributed by atoms with Crippen molar-refractivity contribution in [2.75, 3.05) is 7.11 Å². The maximum atomic E-state index is 13.3. The molecule has 2 nitrogen and oxygen atoms in total. The van der Waals surface area contributed by atoms with E-state index in [-0.39, 0.29) is 5.75 Å². The number of ether oxygens (including phenoxy) is 1. The van der Waals surface area contributed by atoms with E-state index in [1.54, 1.807) is 12.3 Å². The topological polar surface area (TPSA) is 22.1 Å². The van der Waals surface area contributed by atoms with Crippen LogP contribution < -0.4 is 4.74 Å². The Balaban J connectivity index is 2.89. The summed E-state index contributed by atoms with van der Waals surface area (Å²) in [5.41, 5.74) is 1.31. The first-order valence-corrected chi connectivity index (χ1v) is 4.80. The number of rotatable bonds is 1. The van der Waals surface area contributed by atoms with Gasteiger partial charge in [-0.3, -0.25) is 4.98 Å². The van der Waals surface area contributed by atoms with Crippen molar-refractivity contribution >= 4 is 22.5 Å². The van der Waals surface area contributed by atoms with E-state index in [1.165, 1.54) is 13.2 Å². The van der Waals surface area contributed by atoms with Crippen molar-refractivity contribution in [3.8, 4) is 5.75 Å². The monoisotopic (exact) mass is 225 g/mol. The lowest BCUT2D eigenvalue weighted by atomic mass is 10.1. The molecule has 2 aromatic rings. The first-order valence-electron chi connectivity index (χ1n) is 4.42. The van der Waals surface area contributed by atoms with Gasteiger partial charge in [0.2, 0.25) is 0 Å². The summed E-state index contributed by atoms with van der Waals surface area (Å²) in [4.78, 5) is 4.12. The number of hydrogen-bond donors (Lipinski definition) is 0. The van der Waals surface area contributed by atoms with Gasteiger partial charge >= 0.3 is 0 Å². The van der Waals surface area contributed by atoms with Crippen LogP contribution in [0.1, 0.15) is 5.56 Å². The number of aromatic nitrogens is 1. The molecule has 1 aromatic carbocycles. The van der Waals surface area contributed by atoms with Crippen LogP contribution in [0.15, 0.2) is 18.3 Å². The van der Waals surface area contributed by atoms with Crippen molar-refractivity contribution < 1.29 is 9.13 Å². The van der Waals surface area contributed by atoms with E-state index in [2.05, 4.69) is 4.98 Å². The minimum Gasteiger partial charge on any atom is -0.491 e. The van der Waals surface area contributed by atoms with E-state index in [0.29, 0.717) is 15.9 Å². The van der Waals surface area contributed by atoms with Crippen LogP contribution in [0.2, 0.25) is 5.02 Å². The Kier molecular flexibility index (Phi) is 2.49. The first-order chi connectivity index (χ1) is 7.15. The second-order valence-electron chi connectivity index (χ2n) is 3.23. The fourth-order valence-corrected chi connectivity index (χ4v) is 1.68. The first kappa shape index (κ1) is 10.2. The second-order valence-corrected chi connectivity index (χ2v) is 3.61. The highest BCUT2D eigenvalue weighted by molar-refractivity contribution is 6.36. The van der Waals surface area contributed by atoms with Gasteiger partial charge in [-0.05, 0) is 24.6 Å². The Morgan fingerprint density at radius 3 is 2.80 bits per heavy atom. The molecule has 0 radical (unpaired) electrons. The van der Waals surface area contributed by atoms with Gasteiger partial charge in [-0.1, -0.05) is 11.6 Å². The maximum absolute atomic E-state index is 13.3. The van der Waals surface area contributed by atoms with Crippen molar-refractivity contribution in [3.63, 3.8) is 0 Å². The van der Waals surface area contributed by atoms with Crippen LogP contribution in [-0.2, 0) is 0 Å². The van der Waals surface area contributed by atoms with E-state index >= 15 is 0 Å². The predicted octanol–water partition coefficient (Wildman–Crippen LogP) is 3.34. The Bertz CT molecular complexity index is 527. The molecular formula is C11H9ClFNO. The van der Waals surface area contributed by atoms with Gasteiger partial charge in [0.25, 0.3) is 0 Å². The highest BCUT2D eigenvalue weighted by atomic mass is 35.5. The summed E-state index contributed by atoms with van der Waals surface area (Å²) in [6.45, 7) is 1.85. The number of halogens is 2. The van der Waals surface area contributed by atoms with Gasteiger partial charge in [0.15, 0.2) is 11.6 Å². The van der Waals surface area contributed by atoms with Gasteiger partial charge in [0.05, 0.1) is 12.1 Å². The average Bonchev–Trinajstić information content (AvgIpc) is 2.23. The molecular weight excluding hydrogens is 217 g/mol. The molecule has 1 heterocycles. The number of hydrogen-bond acceptors (Lipinski definition) is 2. The van der Waals surface area contributed by atoms with Crippen LogP contribution in [-0.4, -0.2) is 12.1 Å². The van der Waals surface area contributed by atoms with Crippen LogP contribution >= 0.6 is 11.6 Å². The number of benzene rings is 1. The molecule has 0 bridgehead atoms. The quantitative estimate of drug-likeness (QED) is 0.743. The fourth-order valence-electron chi connectivity index (χ4n) is 1.48. The summed E-state index contributed by atoms with van der Waals surface area (Å²) in [7, 11) is 1.41. The summed E-state index contributed by atoms with van der Waals surface area (Å²) < 4.78 is 18.3. The molecule has 0 amide bonds. The summed E-state index contributed by atoms with van der Waals surface area (Å²) in [5, 5.41) is 1.29. The third kappa shape index (κ3) is 1.53. The molecule has 0 fully saturated rings. The summed E-state index contributed by atoms with van der Waals surface area (Å²) >= 11 is 6.09. The zero-order valence-electron chi connectivity index (χ0n) is 8.34. The van der Waals surface area contributed by atoms with Crippen LogP contribution in [0.25, 0.3) is 10.9 Å². The number of aryl methyl sites for hydroxylation is 1. The third-order valence-electron chi connectivity index (χ3n) is 2.26. The molecule has 0 spiro atoms. The lowest BCUT2D eigenvalue weighted by Gasteiger charge is -2.08.